The Morgan fingerprint density at radius 3 is 2.13 bits per heavy atom. The van der Waals surface area contributed by atoms with Gasteiger partial charge in [-0.25, -0.2) is 8.42 Å². The summed E-state index contributed by atoms with van der Waals surface area (Å²) in [4.78, 5) is 29.2. The number of carbonyl (C=O) groups is 2. The molecule has 0 unspecified atom stereocenters. The van der Waals surface area contributed by atoms with E-state index in [4.69, 9.17) is 30.5 Å². The van der Waals surface area contributed by atoms with E-state index < -0.39 is 28.5 Å². The summed E-state index contributed by atoms with van der Waals surface area (Å²) in [5.41, 5.74) is 0.730. The highest BCUT2D eigenvalue weighted by molar-refractivity contribution is 7.92. The number of methoxy groups -OCH3 is 4. The lowest BCUT2D eigenvalue weighted by Crippen LogP contribution is -2.53. The fourth-order valence-corrected chi connectivity index (χ4v) is 6.40. The highest BCUT2D eigenvalue weighted by Gasteiger charge is 2.35. The van der Waals surface area contributed by atoms with E-state index in [0.29, 0.717) is 23.5 Å². The molecular formula is C33H42ClN3O8S. The molecule has 0 spiro atoms. The Balaban J connectivity index is 2.18. The molecule has 11 nitrogen and oxygen atoms in total. The zero-order chi connectivity index (χ0) is 34.0. The van der Waals surface area contributed by atoms with Crippen molar-refractivity contribution in [3.8, 4) is 23.0 Å². The normalized spacial score (nSPS) is 12.4. The first-order valence-corrected chi connectivity index (χ1v) is 16.6. The summed E-state index contributed by atoms with van der Waals surface area (Å²) in [6.07, 6.45) is 0.971. The molecule has 250 valence electrons. The summed E-state index contributed by atoms with van der Waals surface area (Å²) in [5.74, 6) is 0.278. The van der Waals surface area contributed by atoms with Crippen LogP contribution in [0.15, 0.2) is 65.6 Å². The number of hydrogen-bond donors (Lipinski definition) is 1. The summed E-state index contributed by atoms with van der Waals surface area (Å²) in [6.45, 7) is 4.96. The van der Waals surface area contributed by atoms with Gasteiger partial charge in [-0.05, 0) is 67.8 Å². The average molecular weight is 676 g/mol. The maximum absolute atomic E-state index is 14.4. The number of anilines is 1. The van der Waals surface area contributed by atoms with E-state index in [2.05, 4.69) is 5.32 Å². The molecule has 3 aromatic carbocycles. The Labute approximate surface area is 276 Å². The summed E-state index contributed by atoms with van der Waals surface area (Å²) in [7, 11) is 1.29. The number of nitrogens with one attached hydrogen (secondary N) is 1. The van der Waals surface area contributed by atoms with Gasteiger partial charge in [-0.15, -0.1) is 0 Å². The van der Waals surface area contributed by atoms with Gasteiger partial charge >= 0.3 is 0 Å². The summed E-state index contributed by atoms with van der Waals surface area (Å²) in [5, 5.41) is 3.19. The Kier molecular flexibility index (Phi) is 13.0. The van der Waals surface area contributed by atoms with Crippen LogP contribution in [0.3, 0.4) is 0 Å². The third kappa shape index (κ3) is 8.55. The van der Waals surface area contributed by atoms with E-state index in [0.717, 1.165) is 4.31 Å². The second-order valence-corrected chi connectivity index (χ2v) is 12.8. The number of hydrogen-bond acceptors (Lipinski definition) is 8. The van der Waals surface area contributed by atoms with Gasteiger partial charge in [0.05, 0.1) is 39.0 Å². The maximum Gasteiger partial charge on any atom is 0.265 e. The number of sulfonamides is 1. The molecule has 46 heavy (non-hydrogen) atoms. The van der Waals surface area contributed by atoms with Crippen LogP contribution >= 0.6 is 11.6 Å². The Hall–Kier alpha value is -4.16. The van der Waals surface area contributed by atoms with Crippen LogP contribution in [0.25, 0.3) is 0 Å². The van der Waals surface area contributed by atoms with Crippen LogP contribution in [0.1, 0.15) is 39.2 Å². The van der Waals surface area contributed by atoms with Crippen molar-refractivity contribution in [2.45, 2.75) is 57.1 Å². The van der Waals surface area contributed by atoms with Crippen molar-refractivity contribution in [1.29, 1.82) is 0 Å². The van der Waals surface area contributed by atoms with Gasteiger partial charge in [-0.3, -0.25) is 13.9 Å². The Bertz CT molecular complexity index is 1620. The first kappa shape index (κ1) is 36.3. The number of rotatable bonds is 16. The van der Waals surface area contributed by atoms with Crippen LogP contribution < -0.4 is 28.6 Å². The lowest BCUT2D eigenvalue weighted by Gasteiger charge is -2.34. The van der Waals surface area contributed by atoms with Gasteiger partial charge < -0.3 is 29.2 Å². The topological polar surface area (TPSA) is 124 Å². The molecular weight excluding hydrogens is 634 g/mol. The number of nitrogens with zero attached hydrogens (tertiary/aromatic N) is 2. The molecule has 0 aliphatic carbocycles. The molecule has 0 radical (unpaired) electrons. The molecule has 2 amide bonds. The predicted octanol–water partition coefficient (Wildman–Crippen LogP) is 5.29. The van der Waals surface area contributed by atoms with Crippen LogP contribution in [-0.2, 0) is 26.2 Å². The van der Waals surface area contributed by atoms with Gasteiger partial charge in [-0.2, -0.15) is 0 Å². The molecule has 3 aromatic rings. The van der Waals surface area contributed by atoms with E-state index in [9.17, 15) is 18.0 Å². The number of halogens is 1. The molecule has 13 heteroatoms. The van der Waals surface area contributed by atoms with Crippen LogP contribution in [-0.4, -0.2) is 72.2 Å². The zero-order valence-electron chi connectivity index (χ0n) is 27.2. The molecule has 0 aliphatic rings. The molecule has 1 N–H and O–H groups in total. The molecule has 0 bridgehead atoms. The lowest BCUT2D eigenvalue weighted by atomic mass is 10.1. The van der Waals surface area contributed by atoms with Gasteiger partial charge in [0.1, 0.15) is 24.1 Å². The standard InChI is InChI=1S/C33H42ClN3O8S/c1-8-22(3)35-33(39)27(9-2)36(20-23-11-10-12-25(17-23)42-4)32(38)21-37(28-18-24(34)13-15-29(28)43-5)46(40,41)26-14-16-30(44-6)31(19-26)45-7/h10-19,22,27H,8-9,20-21H2,1-7H3,(H,35,39)/t22-,27-/m1/s1. The summed E-state index contributed by atoms with van der Waals surface area (Å²) in [6, 6.07) is 14.7. The highest BCUT2D eigenvalue weighted by atomic mass is 35.5. The molecule has 0 saturated carbocycles. The van der Waals surface area contributed by atoms with Crippen LogP contribution in [0.2, 0.25) is 5.02 Å². The number of carbonyl (C=O) groups excluding carboxylic acids is 2. The van der Waals surface area contributed by atoms with E-state index in [1.807, 2.05) is 13.8 Å². The van der Waals surface area contributed by atoms with E-state index in [1.54, 1.807) is 37.3 Å². The Morgan fingerprint density at radius 2 is 1.52 bits per heavy atom. The first-order valence-electron chi connectivity index (χ1n) is 14.7. The third-order valence-electron chi connectivity index (χ3n) is 7.51. The minimum absolute atomic E-state index is 0.0133. The van der Waals surface area contributed by atoms with Crippen molar-refractivity contribution < 1.29 is 37.0 Å². The molecule has 2 atom stereocenters. The summed E-state index contributed by atoms with van der Waals surface area (Å²) >= 11 is 6.34. The minimum Gasteiger partial charge on any atom is -0.497 e. The van der Waals surface area contributed by atoms with Crippen molar-refractivity contribution in [3.63, 3.8) is 0 Å². The van der Waals surface area contributed by atoms with Gasteiger partial charge in [0, 0.05) is 23.7 Å². The molecule has 0 heterocycles. The third-order valence-corrected chi connectivity index (χ3v) is 9.50. The van der Waals surface area contributed by atoms with E-state index >= 15 is 0 Å². The molecule has 0 fully saturated rings. The van der Waals surface area contributed by atoms with E-state index in [1.165, 1.54) is 63.7 Å². The fourth-order valence-electron chi connectivity index (χ4n) is 4.80. The van der Waals surface area contributed by atoms with Crippen LogP contribution in [0, 0.1) is 0 Å². The van der Waals surface area contributed by atoms with Gasteiger partial charge in [-0.1, -0.05) is 37.6 Å². The van der Waals surface area contributed by atoms with E-state index in [-0.39, 0.29) is 52.0 Å². The minimum atomic E-state index is -4.46. The number of amides is 2. The van der Waals surface area contributed by atoms with Gasteiger partial charge in [0.15, 0.2) is 11.5 Å². The predicted molar refractivity (Wildman–Crippen MR) is 178 cm³/mol. The average Bonchev–Trinajstić information content (AvgIpc) is 3.06. The lowest BCUT2D eigenvalue weighted by molar-refractivity contribution is -0.140. The van der Waals surface area contributed by atoms with Crippen molar-refractivity contribution in [2.75, 3.05) is 39.3 Å². The smallest absolute Gasteiger partial charge is 0.265 e. The van der Waals surface area contributed by atoms with Crippen molar-refractivity contribution in [2.24, 2.45) is 0 Å². The molecule has 0 aromatic heterocycles. The van der Waals surface area contributed by atoms with Crippen LogP contribution in [0.4, 0.5) is 5.69 Å². The quantitative estimate of drug-likeness (QED) is 0.217. The van der Waals surface area contributed by atoms with Crippen LogP contribution in [0.5, 0.6) is 23.0 Å². The Morgan fingerprint density at radius 1 is 0.848 bits per heavy atom. The second kappa shape index (κ2) is 16.4. The number of ether oxygens (including phenoxy) is 4. The monoisotopic (exact) mass is 675 g/mol. The van der Waals surface area contributed by atoms with Crippen molar-refractivity contribution in [3.05, 3.63) is 71.2 Å². The molecule has 0 saturated heterocycles. The summed E-state index contributed by atoms with van der Waals surface area (Å²) < 4.78 is 51.3. The largest absolute Gasteiger partial charge is 0.497 e. The van der Waals surface area contributed by atoms with Crippen molar-refractivity contribution in [1.82, 2.24) is 10.2 Å². The molecule has 0 aliphatic heterocycles. The SMILES string of the molecule is CC[C@@H](C)NC(=O)[C@@H](CC)N(Cc1cccc(OC)c1)C(=O)CN(c1cc(Cl)ccc1OC)S(=O)(=O)c1ccc(OC)c(OC)c1. The molecule has 3 rings (SSSR count). The highest BCUT2D eigenvalue weighted by Crippen LogP contribution is 2.37. The first-order chi connectivity index (χ1) is 21.9. The zero-order valence-corrected chi connectivity index (χ0v) is 28.8. The second-order valence-electron chi connectivity index (χ2n) is 10.5. The number of benzene rings is 3. The maximum atomic E-state index is 14.4. The van der Waals surface area contributed by atoms with Gasteiger partial charge in [0.2, 0.25) is 11.8 Å². The van der Waals surface area contributed by atoms with Gasteiger partial charge in [0.25, 0.3) is 10.0 Å². The fraction of sp³-hybridized carbons (Fsp3) is 0.394. The van der Waals surface area contributed by atoms with Crippen molar-refractivity contribution >= 4 is 39.1 Å².